The lowest BCUT2D eigenvalue weighted by Crippen LogP contribution is -2.32. The lowest BCUT2D eigenvalue weighted by molar-refractivity contribution is -0.113. The Hall–Kier alpha value is -1.54. The first-order valence-corrected chi connectivity index (χ1v) is 13.1. The van der Waals surface area contributed by atoms with E-state index in [1.54, 1.807) is 0 Å². The minimum Gasteiger partial charge on any atom is -0.324 e. The van der Waals surface area contributed by atoms with Crippen LogP contribution >= 0.6 is 23.4 Å². The molecule has 0 aromatic heterocycles. The second kappa shape index (κ2) is 10.7. The van der Waals surface area contributed by atoms with E-state index in [9.17, 15) is 13.2 Å². The molecule has 0 atom stereocenters. The predicted octanol–water partition coefficient (Wildman–Crippen LogP) is 5.09. The topological polar surface area (TPSA) is 66.5 Å². The van der Waals surface area contributed by atoms with Gasteiger partial charge in [0.25, 0.3) is 0 Å². The van der Waals surface area contributed by atoms with E-state index in [0.29, 0.717) is 23.8 Å². The number of carbonyl (C=O) groups excluding carboxylic acids is 1. The number of aryl methyl sites for hydroxylation is 1. The number of hydrogen-bond donors (Lipinski definition) is 1. The van der Waals surface area contributed by atoms with E-state index in [1.807, 2.05) is 31.2 Å². The summed E-state index contributed by atoms with van der Waals surface area (Å²) >= 11 is 7.73. The van der Waals surface area contributed by atoms with Gasteiger partial charge in [-0.15, -0.1) is 11.8 Å². The number of carbonyl (C=O) groups is 1. The first kappa shape index (κ1) is 23.1. The molecule has 0 radical (unpaired) electrons. The van der Waals surface area contributed by atoms with Crippen molar-refractivity contribution in [1.29, 1.82) is 0 Å². The molecule has 1 heterocycles. The van der Waals surface area contributed by atoms with Crippen LogP contribution in [0.2, 0.25) is 5.02 Å². The normalized spacial score (nSPS) is 15.5. The van der Waals surface area contributed by atoms with Gasteiger partial charge in [-0.25, -0.2) is 8.42 Å². The van der Waals surface area contributed by atoms with Crippen LogP contribution in [-0.4, -0.2) is 37.5 Å². The fraction of sp³-hybridized carbons (Fsp3) is 0.409. The number of nitrogens with zero attached hydrogens (tertiary/aromatic N) is 1. The van der Waals surface area contributed by atoms with Crippen molar-refractivity contribution in [3.63, 3.8) is 0 Å². The molecule has 0 saturated carbocycles. The molecule has 8 heteroatoms. The third-order valence-corrected chi connectivity index (χ3v) is 8.37. The van der Waals surface area contributed by atoms with Crippen LogP contribution in [0.4, 0.5) is 5.69 Å². The van der Waals surface area contributed by atoms with Crippen molar-refractivity contribution in [3.05, 3.63) is 58.6 Å². The Morgan fingerprint density at radius 1 is 1.10 bits per heavy atom. The van der Waals surface area contributed by atoms with Crippen LogP contribution in [0.1, 0.15) is 36.8 Å². The first-order chi connectivity index (χ1) is 14.4. The van der Waals surface area contributed by atoms with E-state index >= 15 is 0 Å². The highest BCUT2D eigenvalue weighted by Gasteiger charge is 2.26. The summed E-state index contributed by atoms with van der Waals surface area (Å²) in [6.07, 6.45) is 3.84. The number of amides is 1. The van der Waals surface area contributed by atoms with Gasteiger partial charge in [0.1, 0.15) is 0 Å². The van der Waals surface area contributed by atoms with Crippen LogP contribution < -0.4 is 5.32 Å². The Kier molecular flexibility index (Phi) is 8.22. The molecule has 1 aliphatic heterocycles. The molecular formula is C22H27ClN2O3S2. The van der Waals surface area contributed by atoms with Crippen molar-refractivity contribution < 1.29 is 13.2 Å². The number of sulfonamides is 1. The van der Waals surface area contributed by atoms with E-state index in [1.165, 1.54) is 45.4 Å². The minimum atomic E-state index is -3.60. The second-order valence-corrected chi connectivity index (χ2v) is 10.8. The van der Waals surface area contributed by atoms with E-state index in [0.717, 1.165) is 31.4 Å². The molecule has 0 bridgehead atoms. The van der Waals surface area contributed by atoms with Crippen molar-refractivity contribution in [3.8, 4) is 0 Å². The van der Waals surface area contributed by atoms with Gasteiger partial charge in [0.15, 0.2) is 0 Å². The zero-order valence-electron chi connectivity index (χ0n) is 17.1. The van der Waals surface area contributed by atoms with Gasteiger partial charge in [-0.2, -0.15) is 4.31 Å². The fourth-order valence-electron chi connectivity index (χ4n) is 3.40. The van der Waals surface area contributed by atoms with E-state index in [4.69, 9.17) is 11.6 Å². The van der Waals surface area contributed by atoms with Crippen LogP contribution in [-0.2, 0) is 20.6 Å². The standard InChI is InChI=1S/C22H27ClN2O3S2/c1-17-8-4-5-9-18(17)15-29-16-22(26)24-21-14-19(10-11-20(21)23)30(27,28)25-12-6-2-3-7-13-25/h4-5,8-11,14H,2-3,6-7,12-13,15-16H2,1H3,(H,24,26). The number of thioether (sulfide) groups is 1. The van der Waals surface area contributed by atoms with Crippen LogP contribution in [0.5, 0.6) is 0 Å². The van der Waals surface area contributed by atoms with Gasteiger partial charge < -0.3 is 5.32 Å². The molecule has 1 aliphatic rings. The van der Waals surface area contributed by atoms with Gasteiger partial charge >= 0.3 is 0 Å². The average Bonchev–Trinajstić information content (AvgIpc) is 3.01. The van der Waals surface area contributed by atoms with Crippen molar-refractivity contribution in [2.75, 3.05) is 24.2 Å². The van der Waals surface area contributed by atoms with E-state index in [2.05, 4.69) is 5.32 Å². The van der Waals surface area contributed by atoms with Crippen molar-refractivity contribution in [1.82, 2.24) is 4.31 Å². The van der Waals surface area contributed by atoms with Crippen LogP contribution in [0.3, 0.4) is 0 Å². The molecule has 0 spiro atoms. The number of benzene rings is 2. The molecule has 30 heavy (non-hydrogen) atoms. The first-order valence-electron chi connectivity index (χ1n) is 10.1. The summed E-state index contributed by atoms with van der Waals surface area (Å²) in [5.74, 6) is 0.783. The smallest absolute Gasteiger partial charge is 0.243 e. The van der Waals surface area contributed by atoms with Gasteiger partial charge in [-0.1, -0.05) is 48.7 Å². The minimum absolute atomic E-state index is 0.164. The zero-order valence-corrected chi connectivity index (χ0v) is 19.5. The quantitative estimate of drug-likeness (QED) is 0.617. The van der Waals surface area contributed by atoms with Crippen LogP contribution in [0.25, 0.3) is 0 Å². The molecule has 5 nitrogen and oxygen atoms in total. The monoisotopic (exact) mass is 466 g/mol. The Morgan fingerprint density at radius 2 is 1.80 bits per heavy atom. The molecule has 2 aromatic rings. The zero-order chi connectivity index (χ0) is 21.6. The van der Waals surface area contributed by atoms with E-state index in [-0.39, 0.29) is 16.6 Å². The maximum Gasteiger partial charge on any atom is 0.243 e. The Balaban J connectivity index is 1.64. The van der Waals surface area contributed by atoms with Crippen LogP contribution in [0.15, 0.2) is 47.4 Å². The third-order valence-electron chi connectivity index (χ3n) is 5.17. The predicted molar refractivity (Wildman–Crippen MR) is 125 cm³/mol. The van der Waals surface area contributed by atoms with Crippen molar-refractivity contribution in [2.45, 2.75) is 43.3 Å². The molecule has 0 unspecified atom stereocenters. The second-order valence-electron chi connectivity index (χ2n) is 7.43. The highest BCUT2D eigenvalue weighted by Crippen LogP contribution is 2.28. The number of rotatable bonds is 7. The maximum absolute atomic E-state index is 13.0. The molecule has 3 rings (SSSR count). The molecule has 2 aromatic carbocycles. The average molecular weight is 467 g/mol. The Bertz CT molecular complexity index is 988. The molecule has 1 fully saturated rings. The van der Waals surface area contributed by atoms with Crippen molar-refractivity contribution in [2.24, 2.45) is 0 Å². The van der Waals surface area contributed by atoms with Gasteiger partial charge in [-0.05, 0) is 49.1 Å². The Morgan fingerprint density at radius 3 is 2.50 bits per heavy atom. The van der Waals surface area contributed by atoms with Gasteiger partial charge in [0.05, 0.1) is 21.4 Å². The van der Waals surface area contributed by atoms with E-state index < -0.39 is 10.0 Å². The lowest BCUT2D eigenvalue weighted by atomic mass is 10.1. The van der Waals surface area contributed by atoms with Gasteiger partial charge in [-0.3, -0.25) is 4.79 Å². The molecule has 0 aliphatic carbocycles. The highest BCUT2D eigenvalue weighted by atomic mass is 35.5. The summed E-state index contributed by atoms with van der Waals surface area (Å²) in [5.41, 5.74) is 2.72. The third kappa shape index (κ3) is 6.00. The maximum atomic E-state index is 13.0. The Labute approximate surface area is 188 Å². The van der Waals surface area contributed by atoms with Gasteiger partial charge in [0, 0.05) is 18.8 Å². The summed E-state index contributed by atoms with van der Waals surface area (Å²) in [6.45, 7) is 3.11. The largest absolute Gasteiger partial charge is 0.324 e. The summed E-state index contributed by atoms with van der Waals surface area (Å²) in [6, 6.07) is 12.6. The van der Waals surface area contributed by atoms with Crippen LogP contribution in [0, 0.1) is 6.92 Å². The summed E-state index contributed by atoms with van der Waals surface area (Å²) < 4.78 is 27.6. The summed E-state index contributed by atoms with van der Waals surface area (Å²) in [5, 5.41) is 3.09. The SMILES string of the molecule is Cc1ccccc1CSCC(=O)Nc1cc(S(=O)(=O)N2CCCCCC2)ccc1Cl. The summed E-state index contributed by atoms with van der Waals surface area (Å²) in [7, 11) is -3.60. The molecule has 162 valence electrons. The molecule has 1 N–H and O–H groups in total. The fourth-order valence-corrected chi connectivity index (χ4v) is 6.02. The highest BCUT2D eigenvalue weighted by molar-refractivity contribution is 7.99. The molecular weight excluding hydrogens is 440 g/mol. The lowest BCUT2D eigenvalue weighted by Gasteiger charge is -2.20. The summed E-state index contributed by atoms with van der Waals surface area (Å²) in [4.78, 5) is 12.6. The molecule has 1 amide bonds. The number of hydrogen-bond acceptors (Lipinski definition) is 4. The number of anilines is 1. The molecule has 1 saturated heterocycles. The number of halogens is 1. The number of nitrogens with one attached hydrogen (secondary N) is 1. The van der Waals surface area contributed by atoms with Crippen molar-refractivity contribution >= 4 is 45.0 Å². The van der Waals surface area contributed by atoms with Gasteiger partial charge in [0.2, 0.25) is 15.9 Å².